The van der Waals surface area contributed by atoms with E-state index in [2.05, 4.69) is 20.8 Å². The summed E-state index contributed by atoms with van der Waals surface area (Å²) in [6.45, 7) is 11.8. The summed E-state index contributed by atoms with van der Waals surface area (Å²) in [5.41, 5.74) is 0. The number of hydrogen-bond donors (Lipinski definition) is 9. The summed E-state index contributed by atoms with van der Waals surface area (Å²) in [4.78, 5) is 41.6. The van der Waals surface area contributed by atoms with E-state index in [1.807, 2.05) is 0 Å². The third-order valence-electron chi connectivity index (χ3n) is 19.7. The van der Waals surface area contributed by atoms with Gasteiger partial charge in [0.25, 0.3) is 0 Å². The van der Waals surface area contributed by atoms with Crippen LogP contribution in [0.1, 0.15) is 260 Å². The first kappa shape index (κ1) is 81.6. The second kappa shape index (κ2) is 43.5. The highest BCUT2D eigenvalue weighted by atomic mass is 16.8. The zero-order chi connectivity index (χ0) is 69.0. The number of aliphatic hydroxyl groups is 9. The zero-order valence-corrected chi connectivity index (χ0v) is 58.1. The average molecular weight is 1370 g/mol. The van der Waals surface area contributed by atoms with Crippen molar-refractivity contribution in [3.05, 3.63) is 0 Å². The molecule has 6 aliphatic rings. The van der Waals surface area contributed by atoms with E-state index in [1.54, 1.807) is 6.92 Å². The van der Waals surface area contributed by atoms with Gasteiger partial charge in [-0.3, -0.25) is 14.4 Å². The van der Waals surface area contributed by atoms with E-state index >= 15 is 0 Å². The van der Waals surface area contributed by atoms with E-state index in [1.165, 1.54) is 46.5 Å². The molecule has 6 heterocycles. The Morgan fingerprint density at radius 1 is 0.400 bits per heavy atom. The van der Waals surface area contributed by atoms with Crippen LogP contribution in [0.5, 0.6) is 0 Å². The molecule has 25 nitrogen and oxygen atoms in total. The Morgan fingerprint density at radius 3 is 1.46 bits per heavy atom. The van der Waals surface area contributed by atoms with Crippen molar-refractivity contribution in [1.29, 1.82) is 0 Å². The average Bonchev–Trinajstić information content (AvgIpc) is 0.778. The molecule has 0 spiro atoms. The van der Waals surface area contributed by atoms with Gasteiger partial charge in [0.1, 0.15) is 79.4 Å². The van der Waals surface area contributed by atoms with Crippen molar-refractivity contribution in [3.8, 4) is 0 Å². The molecule has 554 valence electrons. The van der Waals surface area contributed by atoms with Gasteiger partial charge in [-0.1, -0.05) is 181 Å². The van der Waals surface area contributed by atoms with Gasteiger partial charge >= 0.3 is 17.9 Å². The van der Waals surface area contributed by atoms with Crippen LogP contribution < -0.4 is 0 Å². The van der Waals surface area contributed by atoms with Crippen LogP contribution in [0.25, 0.3) is 0 Å². The lowest BCUT2D eigenvalue weighted by Crippen LogP contribution is -2.68. The highest BCUT2D eigenvalue weighted by molar-refractivity contribution is 5.70. The van der Waals surface area contributed by atoms with Gasteiger partial charge in [0.2, 0.25) is 0 Å². The Kier molecular flexibility index (Phi) is 37.3. The smallest absolute Gasteiger partial charge is 0.306 e. The van der Waals surface area contributed by atoms with Crippen molar-refractivity contribution in [3.63, 3.8) is 0 Å². The molecule has 0 aromatic rings. The Balaban J connectivity index is 1.31. The van der Waals surface area contributed by atoms with Gasteiger partial charge < -0.3 is 108 Å². The molecular weight excluding hydrogens is 1240 g/mol. The van der Waals surface area contributed by atoms with Gasteiger partial charge in [-0.25, -0.2) is 0 Å². The molecule has 6 rings (SSSR count). The lowest BCUT2D eigenvalue weighted by Gasteiger charge is -2.51. The Morgan fingerprint density at radius 2 is 0.863 bits per heavy atom. The molecule has 0 aliphatic carbocycles. The second-order valence-corrected chi connectivity index (χ2v) is 27.7. The number of carbonyl (C=O) groups is 3. The first-order valence-corrected chi connectivity index (χ1v) is 36.9. The minimum Gasteiger partial charge on any atom is -0.457 e. The number of carbonyl (C=O) groups excluding carboxylic acids is 3. The van der Waals surface area contributed by atoms with Gasteiger partial charge in [-0.05, 0) is 59.8 Å². The minimum absolute atomic E-state index is 0.0351. The van der Waals surface area contributed by atoms with Crippen molar-refractivity contribution in [2.75, 3.05) is 6.61 Å². The lowest BCUT2D eigenvalue weighted by molar-refractivity contribution is -0.400. The van der Waals surface area contributed by atoms with E-state index in [4.69, 9.17) is 61.6 Å². The fourth-order valence-electron chi connectivity index (χ4n) is 13.7. The molecule has 6 aliphatic heterocycles. The number of aliphatic hydroxyl groups excluding tert-OH is 9. The summed E-state index contributed by atoms with van der Waals surface area (Å²) in [5, 5.41) is 103. The monoisotopic (exact) mass is 1360 g/mol. The van der Waals surface area contributed by atoms with E-state index in [-0.39, 0.29) is 25.4 Å². The van der Waals surface area contributed by atoms with Crippen molar-refractivity contribution in [2.24, 2.45) is 0 Å². The fourth-order valence-corrected chi connectivity index (χ4v) is 13.7. The molecule has 25 heteroatoms. The van der Waals surface area contributed by atoms with Gasteiger partial charge in [0.15, 0.2) is 49.8 Å². The molecule has 6 fully saturated rings. The van der Waals surface area contributed by atoms with E-state index in [0.29, 0.717) is 38.5 Å². The zero-order valence-electron chi connectivity index (χ0n) is 58.1. The van der Waals surface area contributed by atoms with Crippen LogP contribution >= 0.6 is 0 Å². The number of rotatable bonds is 33. The normalized spacial score (nSPS) is 38.8. The highest BCUT2D eigenvalue weighted by Gasteiger charge is 2.59. The van der Waals surface area contributed by atoms with E-state index < -0.39 is 178 Å². The molecule has 6 saturated heterocycles. The van der Waals surface area contributed by atoms with Crippen LogP contribution in [0.2, 0.25) is 0 Å². The summed E-state index contributed by atoms with van der Waals surface area (Å²) in [7, 11) is 0. The molecule has 0 aromatic heterocycles. The molecule has 0 bridgehead atoms. The van der Waals surface area contributed by atoms with Gasteiger partial charge in [-0.2, -0.15) is 0 Å². The van der Waals surface area contributed by atoms with Crippen LogP contribution in [0.3, 0.4) is 0 Å². The molecule has 0 aromatic carbocycles. The Hall–Kier alpha value is -2.35. The number of esters is 3. The standard InChI is InChI=1S/C70H124O25/c1-8-11-14-16-18-20-24-28-33-38-48(72)89-59-43(5)84-66(57(81)55(59)79)93-61-45(7)86-70(65(91-50(74)40-35-29-25-21-19-17-15-12-9-2)64(61)95-67-56(80)53(77)52(76)47(41-71)88-67)92-60-44(6)85-69-63(58(60)82)90-49(73)39-34-30-26-22-23-27-32-37-46(36-31-13-10-3)87-68-62(94-69)54(78)51(75)42(4)83-68/h42-47,51-71,75-82H,8-41H2,1-7H3/t42-,43-,44-,45-,46+,47-,51-,52-,53+,54-,55-,56-,57-,58+,59-,60-,61-,62-,63+,64+,65-,66+,67+,68-,69+,70+/m0/s1. The minimum atomic E-state index is -2.01. The summed E-state index contributed by atoms with van der Waals surface area (Å²) < 4.78 is 82.7. The lowest BCUT2D eigenvalue weighted by atomic mass is 9.95. The second-order valence-electron chi connectivity index (χ2n) is 27.7. The largest absolute Gasteiger partial charge is 0.457 e. The molecule has 0 amide bonds. The Labute approximate surface area is 564 Å². The molecule has 0 saturated carbocycles. The maximum atomic E-state index is 14.4. The number of unbranched alkanes of at least 4 members (excludes halogenated alkanes) is 18. The topological polar surface area (TPSA) is 353 Å². The fraction of sp³-hybridized carbons (Fsp3) is 0.957. The molecule has 95 heavy (non-hydrogen) atoms. The summed E-state index contributed by atoms with van der Waals surface area (Å²) >= 11 is 0. The summed E-state index contributed by atoms with van der Waals surface area (Å²) in [6.07, 6.45) is -11.9. The van der Waals surface area contributed by atoms with Crippen molar-refractivity contribution < 1.29 is 122 Å². The number of ether oxygens (including phenoxy) is 13. The predicted octanol–water partition coefficient (Wildman–Crippen LogP) is 7.18. The van der Waals surface area contributed by atoms with E-state index in [9.17, 15) is 60.3 Å². The summed E-state index contributed by atoms with van der Waals surface area (Å²) in [5.74, 6) is -2.06. The Bertz CT molecular complexity index is 2110. The highest BCUT2D eigenvalue weighted by Crippen LogP contribution is 2.40. The van der Waals surface area contributed by atoms with Crippen LogP contribution in [-0.2, 0) is 76.0 Å². The summed E-state index contributed by atoms with van der Waals surface area (Å²) in [6, 6.07) is 0. The number of hydrogen-bond acceptors (Lipinski definition) is 25. The first-order valence-electron chi connectivity index (χ1n) is 36.9. The number of fused-ring (bicyclic) bond motifs is 2. The van der Waals surface area contributed by atoms with Gasteiger partial charge in [-0.15, -0.1) is 0 Å². The molecular formula is C70H124O25. The van der Waals surface area contributed by atoms with Crippen LogP contribution in [0.4, 0.5) is 0 Å². The van der Waals surface area contributed by atoms with Crippen molar-refractivity contribution >= 4 is 17.9 Å². The van der Waals surface area contributed by atoms with Gasteiger partial charge in [0.05, 0.1) is 37.1 Å². The molecule has 0 unspecified atom stereocenters. The third-order valence-corrected chi connectivity index (χ3v) is 19.7. The first-order chi connectivity index (χ1) is 45.7. The maximum absolute atomic E-state index is 14.4. The molecule has 9 N–H and O–H groups in total. The van der Waals surface area contributed by atoms with Crippen LogP contribution in [0.15, 0.2) is 0 Å². The van der Waals surface area contributed by atoms with Crippen molar-refractivity contribution in [2.45, 2.75) is 420 Å². The quantitative estimate of drug-likeness (QED) is 0.0178. The van der Waals surface area contributed by atoms with Gasteiger partial charge in [0, 0.05) is 19.3 Å². The molecule has 0 radical (unpaired) electrons. The van der Waals surface area contributed by atoms with E-state index in [0.717, 1.165) is 128 Å². The van der Waals surface area contributed by atoms with Crippen molar-refractivity contribution in [1.82, 2.24) is 0 Å². The molecule has 26 atom stereocenters. The maximum Gasteiger partial charge on any atom is 0.306 e. The SMILES string of the molecule is CCCCCCCCCCCC(=O)O[C@@H]1[C@@H](O[C@@H]2[C@@H](O)[C@H]3OC(=O)CCCCCCCCC[C@@H](CCCCC)O[C@@H]4O[C@@H](C)[C@H](O)[C@H](O)[C@@H]4O[C@H]3O[C@H]2C)O[C@@H](C)[C@H](O[C@H]2O[C@@H](C)[C@H](OC(=O)CCCCCCCCCCC)[C@@H](O)[C@@H]2O)[C@H]1O[C@H]1O[C@@H](CO)[C@H](O)[C@@H](O)[C@@H]1O. The predicted molar refractivity (Wildman–Crippen MR) is 345 cm³/mol. The third kappa shape index (κ3) is 25.3. The van der Waals surface area contributed by atoms with Crippen LogP contribution in [0, 0.1) is 0 Å². The van der Waals surface area contributed by atoms with Crippen LogP contribution in [-0.4, -0.2) is 230 Å².